The van der Waals surface area contributed by atoms with Gasteiger partial charge in [0.05, 0.1) is 31.0 Å². The average molecular weight is 506 g/mol. The zero-order valence-electron chi connectivity index (χ0n) is 21.5. The molecule has 6 rings (SSSR count). The van der Waals surface area contributed by atoms with Crippen LogP contribution in [-0.4, -0.2) is 38.5 Å². The zero-order valence-corrected chi connectivity index (χ0v) is 21.5. The molecule has 190 valence electrons. The number of aromatic nitrogens is 1. The number of methoxy groups -OCH3 is 3. The lowest BCUT2D eigenvalue weighted by Crippen LogP contribution is -2.04. The largest absolute Gasteiger partial charge is 0.497 e. The third-order valence-corrected chi connectivity index (χ3v) is 7.07. The van der Waals surface area contributed by atoms with Crippen molar-refractivity contribution in [2.24, 2.45) is 0 Å². The second kappa shape index (κ2) is 9.72. The van der Waals surface area contributed by atoms with E-state index in [1.807, 2.05) is 30.3 Å². The Morgan fingerprint density at radius 2 is 1.45 bits per heavy atom. The van der Waals surface area contributed by atoms with Crippen LogP contribution < -0.4 is 14.2 Å². The van der Waals surface area contributed by atoms with Gasteiger partial charge in [0.25, 0.3) is 0 Å². The Hall–Kier alpha value is -4.55. The van der Waals surface area contributed by atoms with Crippen LogP contribution in [0.25, 0.3) is 33.3 Å². The molecule has 0 atom stereocenters. The van der Waals surface area contributed by atoms with E-state index in [0.717, 1.165) is 50.3 Å². The number of carbonyl (C=O) groups excluding carboxylic acids is 1. The van der Waals surface area contributed by atoms with Gasteiger partial charge in [-0.1, -0.05) is 24.3 Å². The molecule has 5 aromatic rings. The second-order valence-corrected chi connectivity index (χ2v) is 9.20. The summed E-state index contributed by atoms with van der Waals surface area (Å²) in [7, 11) is 4.91. The van der Waals surface area contributed by atoms with Gasteiger partial charge in [0.15, 0.2) is 12.6 Å². The van der Waals surface area contributed by atoms with Crippen LogP contribution in [0.4, 0.5) is 0 Å². The lowest BCUT2D eigenvalue weighted by Gasteiger charge is -2.09. The Balaban J connectivity index is 1.50. The fourth-order valence-electron chi connectivity index (χ4n) is 5.19. The number of fused-ring (bicyclic) bond motifs is 5. The van der Waals surface area contributed by atoms with Crippen molar-refractivity contribution in [3.05, 3.63) is 102 Å². The minimum Gasteiger partial charge on any atom is -0.497 e. The van der Waals surface area contributed by atoms with E-state index >= 15 is 0 Å². The van der Waals surface area contributed by atoms with E-state index in [9.17, 15) is 4.79 Å². The molecule has 0 saturated heterocycles. The Bertz CT molecular complexity index is 1650. The van der Waals surface area contributed by atoms with E-state index in [2.05, 4.69) is 34.9 Å². The Labute approximate surface area is 221 Å². The molecular weight excluding hydrogens is 478 g/mol. The maximum Gasteiger partial charge on any atom is 0.195 e. The first-order valence-electron chi connectivity index (χ1n) is 12.4. The van der Waals surface area contributed by atoms with Crippen LogP contribution in [0.1, 0.15) is 21.5 Å². The fourth-order valence-corrected chi connectivity index (χ4v) is 5.19. The average Bonchev–Trinajstić information content (AvgIpc) is 3.49. The van der Waals surface area contributed by atoms with E-state index in [1.54, 1.807) is 45.6 Å². The highest BCUT2D eigenvalue weighted by molar-refractivity contribution is 6.21. The normalized spacial score (nSPS) is 11.8. The summed E-state index contributed by atoms with van der Waals surface area (Å²) in [6.45, 7) is 0.823. The predicted molar refractivity (Wildman–Crippen MR) is 147 cm³/mol. The van der Waals surface area contributed by atoms with Crippen molar-refractivity contribution < 1.29 is 23.7 Å². The topological polar surface area (TPSA) is 58.9 Å². The monoisotopic (exact) mass is 505 g/mol. The third-order valence-electron chi connectivity index (χ3n) is 7.07. The molecule has 0 bridgehead atoms. The summed E-state index contributed by atoms with van der Waals surface area (Å²) in [4.78, 5) is 14.0. The van der Waals surface area contributed by atoms with Gasteiger partial charge in [-0.2, -0.15) is 0 Å². The molecule has 0 N–H and O–H groups in total. The molecule has 0 fully saturated rings. The number of nitrogens with zero attached hydrogens (tertiary/aromatic N) is 1. The molecule has 0 saturated carbocycles. The van der Waals surface area contributed by atoms with Gasteiger partial charge in [0.2, 0.25) is 0 Å². The van der Waals surface area contributed by atoms with Crippen LogP contribution in [0.15, 0.2) is 84.9 Å². The highest BCUT2D eigenvalue weighted by atomic mass is 16.7. The molecule has 0 radical (unpaired) electrons. The van der Waals surface area contributed by atoms with Crippen LogP contribution >= 0.6 is 0 Å². The zero-order chi connectivity index (χ0) is 26.2. The summed E-state index contributed by atoms with van der Waals surface area (Å²) in [5.74, 6) is 2.24. The number of hydrogen-bond acceptors (Lipinski definition) is 5. The van der Waals surface area contributed by atoms with Gasteiger partial charge < -0.3 is 23.5 Å². The standard InChI is InChI=1S/C32H27NO5/c1-35-19-38-25-11-6-21(7-12-25)32(34)30-28-14-8-22(20-4-9-24(36-2)10-5-20)17-29(28)33-18-23-16-26(37-3)13-15-27(23)31(30)33/h4-17H,18-19H2,1-3H3. The van der Waals surface area contributed by atoms with Crippen LogP contribution in [0, 0.1) is 0 Å². The van der Waals surface area contributed by atoms with Crippen molar-refractivity contribution >= 4 is 16.7 Å². The predicted octanol–water partition coefficient (Wildman–Crippen LogP) is 6.57. The molecule has 0 aliphatic carbocycles. The Kier molecular flexibility index (Phi) is 6.10. The molecule has 0 amide bonds. The Morgan fingerprint density at radius 3 is 2.16 bits per heavy atom. The Morgan fingerprint density at radius 1 is 0.763 bits per heavy atom. The van der Waals surface area contributed by atoms with Crippen molar-refractivity contribution in [1.82, 2.24) is 4.57 Å². The van der Waals surface area contributed by atoms with Crippen molar-refractivity contribution in [2.75, 3.05) is 28.1 Å². The van der Waals surface area contributed by atoms with Gasteiger partial charge >= 0.3 is 0 Å². The molecular formula is C32H27NO5. The molecule has 2 heterocycles. The summed E-state index contributed by atoms with van der Waals surface area (Å²) in [5.41, 5.74) is 7.61. The summed E-state index contributed by atoms with van der Waals surface area (Å²) < 4.78 is 23.5. The van der Waals surface area contributed by atoms with Gasteiger partial charge in [-0.05, 0) is 77.4 Å². The summed E-state index contributed by atoms with van der Waals surface area (Å²) in [6.07, 6.45) is 0. The number of carbonyl (C=O) groups is 1. The van der Waals surface area contributed by atoms with Crippen LogP contribution in [0.5, 0.6) is 17.2 Å². The molecule has 1 aliphatic rings. The maximum atomic E-state index is 14.0. The van der Waals surface area contributed by atoms with Crippen LogP contribution in [0.3, 0.4) is 0 Å². The SMILES string of the molecule is COCOc1ccc(C(=O)c2c3n(c4cc(-c5ccc(OC)cc5)ccc24)Cc2cc(OC)ccc2-3)cc1. The van der Waals surface area contributed by atoms with E-state index in [1.165, 1.54) is 0 Å². The molecule has 1 aliphatic heterocycles. The van der Waals surface area contributed by atoms with E-state index < -0.39 is 0 Å². The minimum atomic E-state index is -0.0251. The summed E-state index contributed by atoms with van der Waals surface area (Å²) in [6, 6.07) is 27.6. The van der Waals surface area contributed by atoms with Gasteiger partial charge in [0, 0.05) is 30.2 Å². The molecule has 6 heteroatoms. The number of rotatable bonds is 8. The van der Waals surface area contributed by atoms with E-state index in [-0.39, 0.29) is 12.6 Å². The van der Waals surface area contributed by atoms with Crippen molar-refractivity contribution in [3.63, 3.8) is 0 Å². The smallest absolute Gasteiger partial charge is 0.195 e. The van der Waals surface area contributed by atoms with Gasteiger partial charge in [-0.15, -0.1) is 0 Å². The lowest BCUT2D eigenvalue weighted by molar-refractivity contribution is 0.0511. The fraction of sp³-hybridized carbons (Fsp3) is 0.156. The summed E-state index contributed by atoms with van der Waals surface area (Å²) in [5, 5.41) is 0.934. The van der Waals surface area contributed by atoms with Crippen LogP contribution in [0.2, 0.25) is 0 Å². The number of ether oxygens (including phenoxy) is 4. The van der Waals surface area contributed by atoms with Gasteiger partial charge in [-0.3, -0.25) is 4.79 Å². The van der Waals surface area contributed by atoms with Crippen molar-refractivity contribution in [1.29, 1.82) is 0 Å². The molecule has 6 nitrogen and oxygen atoms in total. The second-order valence-electron chi connectivity index (χ2n) is 9.20. The molecule has 0 spiro atoms. The molecule has 4 aromatic carbocycles. The van der Waals surface area contributed by atoms with Gasteiger partial charge in [-0.25, -0.2) is 0 Å². The first-order valence-corrected chi connectivity index (χ1v) is 12.4. The van der Waals surface area contributed by atoms with Crippen LogP contribution in [-0.2, 0) is 11.3 Å². The number of hydrogen-bond donors (Lipinski definition) is 0. The highest BCUT2D eigenvalue weighted by Gasteiger charge is 2.30. The quantitative estimate of drug-likeness (QED) is 0.173. The molecule has 1 aromatic heterocycles. The summed E-state index contributed by atoms with van der Waals surface area (Å²) >= 11 is 0. The molecule has 0 unspecified atom stereocenters. The van der Waals surface area contributed by atoms with E-state index in [0.29, 0.717) is 23.4 Å². The van der Waals surface area contributed by atoms with Gasteiger partial charge in [0.1, 0.15) is 17.2 Å². The van der Waals surface area contributed by atoms with Crippen molar-refractivity contribution in [2.45, 2.75) is 6.54 Å². The number of benzene rings is 4. The molecule has 38 heavy (non-hydrogen) atoms. The maximum absolute atomic E-state index is 14.0. The third kappa shape index (κ3) is 3.99. The number of ketones is 1. The highest BCUT2D eigenvalue weighted by Crippen LogP contribution is 2.44. The first kappa shape index (κ1) is 23.8. The lowest BCUT2D eigenvalue weighted by atomic mass is 9.95. The van der Waals surface area contributed by atoms with Crippen molar-refractivity contribution in [3.8, 4) is 39.6 Å². The van der Waals surface area contributed by atoms with E-state index in [4.69, 9.17) is 18.9 Å². The minimum absolute atomic E-state index is 0.0251. The first-order chi connectivity index (χ1) is 18.6.